The van der Waals surface area contributed by atoms with Gasteiger partial charge in [-0.3, -0.25) is 0 Å². The van der Waals surface area contributed by atoms with E-state index in [1.54, 1.807) is 0 Å². The molecule has 0 atom stereocenters. The van der Waals surface area contributed by atoms with Gasteiger partial charge in [0.05, 0.1) is 10.6 Å². The number of rotatable bonds is 6. The average molecular weight is 1030 g/mol. The van der Waals surface area contributed by atoms with E-state index in [1.807, 2.05) is 0 Å². The average Bonchev–Trinajstić information content (AvgIpc) is 3.23. The lowest BCUT2D eigenvalue weighted by Crippen LogP contribution is -2.33. The van der Waals surface area contributed by atoms with E-state index in [0.29, 0.717) is 11.1 Å². The van der Waals surface area contributed by atoms with Crippen LogP contribution in [-0.2, 0) is 43.3 Å². The van der Waals surface area contributed by atoms with Crippen molar-refractivity contribution in [2.45, 2.75) is 209 Å². The monoisotopic (exact) mass is 1030 g/mol. The highest BCUT2D eigenvalue weighted by molar-refractivity contribution is 7.61. The Balaban J connectivity index is 1.95. The van der Waals surface area contributed by atoms with E-state index in [9.17, 15) is 19.6 Å². The summed E-state index contributed by atoms with van der Waals surface area (Å²) in [5.41, 5.74) is 18.2. The van der Waals surface area contributed by atoms with E-state index in [4.69, 9.17) is 0 Å². The van der Waals surface area contributed by atoms with Crippen LogP contribution in [0.5, 0.6) is 0 Å². The quantitative estimate of drug-likeness (QED) is 0.125. The zero-order valence-electron chi connectivity index (χ0n) is 49.8. The van der Waals surface area contributed by atoms with Gasteiger partial charge in [0.2, 0.25) is 16.8 Å². The first kappa shape index (κ1) is 57.7. The molecule has 396 valence electrons. The van der Waals surface area contributed by atoms with Gasteiger partial charge in [-0.25, -0.2) is 0 Å². The van der Waals surface area contributed by atoms with Crippen LogP contribution < -0.4 is 10.6 Å². The lowest BCUT2D eigenvalue weighted by Gasteiger charge is -2.42. The van der Waals surface area contributed by atoms with Gasteiger partial charge in [-0.1, -0.05) is 251 Å². The third-order valence-corrected chi connectivity index (χ3v) is 17.2. The van der Waals surface area contributed by atoms with E-state index in [2.05, 4.69) is 251 Å². The molecule has 1 aliphatic rings. The van der Waals surface area contributed by atoms with Crippen LogP contribution in [-0.4, -0.2) is 19.6 Å². The summed E-state index contributed by atoms with van der Waals surface area (Å²) in [4.78, 5) is 50.2. The topological polar surface area (TPSA) is 80.9 Å². The fraction of sp³-hybridized carbons (Fsp3) is 0.471. The molecule has 6 aromatic rings. The first-order chi connectivity index (χ1) is 33.5. The molecule has 0 amide bonds. The van der Waals surface area contributed by atoms with Crippen molar-refractivity contribution in [1.29, 1.82) is 0 Å². The summed E-state index contributed by atoms with van der Waals surface area (Å²) >= 11 is 0. The standard InChI is InChI=1S/C68H90O4P2/c1-61(2,3)41-29-25-30-42(62(4,5)6)49(41)39-37-38-40-51(50(39)53-43(63(7,8)9)31-26-32-44(53)64(10,11)12)57-52(40)56(54-45(65(13,14)15)33-27-34-46(54)66(16,17)18)58(60(74(71)72)59(57)73(69)70)55-47(67(19,20)21)35-28-36-48(55)68(22,23)24/h25-38,69-72H,1-24H3. The number of hydrogen-bond acceptors (Lipinski definition) is 4. The molecule has 0 unspecified atom stereocenters. The van der Waals surface area contributed by atoms with Crippen molar-refractivity contribution in [2.75, 3.05) is 0 Å². The van der Waals surface area contributed by atoms with Crippen molar-refractivity contribution in [1.82, 2.24) is 0 Å². The van der Waals surface area contributed by atoms with Crippen molar-refractivity contribution in [2.24, 2.45) is 0 Å². The third-order valence-electron chi connectivity index (χ3n) is 15.3. The minimum Gasteiger partial charge on any atom is -0.347 e. The largest absolute Gasteiger partial charge is 0.347 e. The Morgan fingerprint density at radius 1 is 0.216 bits per heavy atom. The van der Waals surface area contributed by atoms with Crippen molar-refractivity contribution in [3.8, 4) is 66.8 Å². The zero-order valence-corrected chi connectivity index (χ0v) is 51.6. The number of benzene rings is 6. The SMILES string of the molecule is CC(C)(C)c1cccc(C(C)(C)C)c1-c1ccc2c(c1-c1c(C(C)(C)C)cccc1C(C)(C)C)-c1c-2c(-c2c(C(C)(C)C)cccc2C(C)(C)C)c(-c2c(C(C)(C)C)cccc2C(C)(C)C)c(P(O)O)c1P(O)O. The highest BCUT2D eigenvalue weighted by atomic mass is 31.2. The van der Waals surface area contributed by atoms with Crippen LogP contribution in [0.1, 0.15) is 211 Å². The second-order valence-corrected chi connectivity index (χ2v) is 31.7. The third kappa shape index (κ3) is 10.2. The minimum atomic E-state index is -2.97. The molecule has 0 saturated heterocycles. The van der Waals surface area contributed by atoms with Crippen LogP contribution in [0, 0.1) is 0 Å². The second-order valence-electron chi connectivity index (χ2n) is 29.6. The normalized spacial score (nSPS) is 13.9. The van der Waals surface area contributed by atoms with E-state index in [1.165, 1.54) is 27.8 Å². The zero-order chi connectivity index (χ0) is 55.8. The molecule has 7 rings (SSSR count). The van der Waals surface area contributed by atoms with Crippen molar-refractivity contribution in [3.63, 3.8) is 0 Å². The van der Waals surface area contributed by atoms with Crippen molar-refractivity contribution in [3.05, 3.63) is 129 Å². The van der Waals surface area contributed by atoms with Crippen molar-refractivity contribution >= 4 is 27.4 Å². The highest BCUT2D eigenvalue weighted by Crippen LogP contribution is 2.65. The molecule has 0 saturated carbocycles. The fourth-order valence-electron chi connectivity index (χ4n) is 11.9. The Kier molecular flexibility index (Phi) is 14.7. The molecule has 0 radical (unpaired) electrons. The molecule has 0 aliphatic heterocycles. The Morgan fingerprint density at radius 2 is 0.405 bits per heavy atom. The Hall–Kier alpha value is -3.98. The summed E-state index contributed by atoms with van der Waals surface area (Å²) in [5, 5.41) is 0.429. The maximum absolute atomic E-state index is 12.6. The Morgan fingerprint density at radius 3 is 0.649 bits per heavy atom. The smallest absolute Gasteiger partial charge is 0.201 e. The van der Waals surface area contributed by atoms with Gasteiger partial charge >= 0.3 is 0 Å². The summed E-state index contributed by atoms with van der Waals surface area (Å²) in [6.45, 7) is 54.5. The number of hydrogen-bond donors (Lipinski definition) is 4. The van der Waals surface area contributed by atoms with E-state index in [0.717, 1.165) is 72.3 Å². The van der Waals surface area contributed by atoms with E-state index < -0.39 is 27.6 Å². The summed E-state index contributed by atoms with van der Waals surface area (Å²) in [7, 11) is -5.91. The van der Waals surface area contributed by atoms with E-state index >= 15 is 0 Å². The lowest BCUT2D eigenvalue weighted by atomic mass is 9.63. The van der Waals surface area contributed by atoms with Crippen LogP contribution in [0.3, 0.4) is 0 Å². The van der Waals surface area contributed by atoms with Crippen LogP contribution in [0.15, 0.2) is 84.9 Å². The van der Waals surface area contributed by atoms with Gasteiger partial charge < -0.3 is 19.6 Å². The number of fused-ring (bicyclic) bond motifs is 4. The van der Waals surface area contributed by atoms with Gasteiger partial charge in [0.15, 0.2) is 0 Å². The predicted molar refractivity (Wildman–Crippen MR) is 324 cm³/mol. The molecule has 6 heteroatoms. The summed E-state index contributed by atoms with van der Waals surface area (Å²) in [6.07, 6.45) is 0. The maximum Gasteiger partial charge on any atom is 0.201 e. The molecule has 0 spiro atoms. The Bertz CT molecular complexity index is 3030. The molecule has 0 aromatic heterocycles. The first-order valence-corrected chi connectivity index (χ1v) is 29.4. The van der Waals surface area contributed by atoms with Gasteiger partial charge in [0, 0.05) is 11.1 Å². The summed E-state index contributed by atoms with van der Waals surface area (Å²) in [5.74, 6) is 0. The molecule has 0 bridgehead atoms. The maximum atomic E-state index is 12.6. The van der Waals surface area contributed by atoms with E-state index in [-0.39, 0.29) is 43.1 Å². The summed E-state index contributed by atoms with van der Waals surface area (Å²) < 4.78 is 0. The van der Waals surface area contributed by atoms with Crippen LogP contribution >= 0.6 is 16.8 Å². The van der Waals surface area contributed by atoms with Gasteiger partial charge in [-0.05, 0) is 143 Å². The predicted octanol–water partition coefficient (Wildman–Crippen LogP) is 18.2. The molecule has 1 aliphatic carbocycles. The Labute approximate surface area is 450 Å². The first-order valence-electron chi connectivity index (χ1n) is 26.9. The molecule has 74 heavy (non-hydrogen) atoms. The van der Waals surface area contributed by atoms with Gasteiger partial charge in [0.1, 0.15) is 0 Å². The highest BCUT2D eigenvalue weighted by Gasteiger charge is 2.46. The van der Waals surface area contributed by atoms with Crippen molar-refractivity contribution < 1.29 is 19.6 Å². The molecule has 0 heterocycles. The van der Waals surface area contributed by atoms with Gasteiger partial charge in [0.25, 0.3) is 0 Å². The summed E-state index contributed by atoms with van der Waals surface area (Å²) in [6, 6.07) is 31.4. The fourth-order valence-corrected chi connectivity index (χ4v) is 13.9. The lowest BCUT2D eigenvalue weighted by molar-refractivity contribution is 0.492. The van der Waals surface area contributed by atoms with Crippen LogP contribution in [0.4, 0.5) is 0 Å². The molecular formula is C68H90O4P2. The minimum absolute atomic E-state index is 0.211. The van der Waals surface area contributed by atoms with Gasteiger partial charge in [-0.15, -0.1) is 0 Å². The van der Waals surface area contributed by atoms with Gasteiger partial charge in [-0.2, -0.15) is 0 Å². The molecule has 6 aromatic carbocycles. The molecule has 4 N–H and O–H groups in total. The molecular weight excluding hydrogens is 943 g/mol. The molecule has 4 nitrogen and oxygen atoms in total. The molecule has 0 fully saturated rings. The van der Waals surface area contributed by atoms with Crippen LogP contribution in [0.2, 0.25) is 0 Å². The second kappa shape index (κ2) is 18.9. The van der Waals surface area contributed by atoms with Crippen LogP contribution in [0.25, 0.3) is 66.8 Å².